The van der Waals surface area contributed by atoms with Gasteiger partial charge in [-0.3, -0.25) is 0 Å². The van der Waals surface area contributed by atoms with Gasteiger partial charge in [0.15, 0.2) is 6.29 Å². The van der Waals surface area contributed by atoms with Crippen molar-refractivity contribution < 1.29 is 24.1 Å². The summed E-state index contributed by atoms with van der Waals surface area (Å²) in [6.45, 7) is 0.961. The average molecular weight is 356 g/mol. The number of halogens is 1. The minimum Gasteiger partial charge on any atom is -0.443 e. The normalized spacial score (nSPS) is 28.2. The number of carbonyl (C=O) groups excluding carboxylic acids is 1. The van der Waals surface area contributed by atoms with Gasteiger partial charge in [0.25, 0.3) is 0 Å². The highest BCUT2D eigenvalue weighted by molar-refractivity contribution is 6.18. The van der Waals surface area contributed by atoms with Crippen LogP contribution in [-0.4, -0.2) is 54.8 Å². The Balaban J connectivity index is 1.56. The maximum Gasteiger partial charge on any atom is 0.407 e. The lowest BCUT2D eigenvalue weighted by atomic mass is 10.0. The number of hydrogen-bond acceptors (Lipinski definition) is 5. The smallest absolute Gasteiger partial charge is 0.407 e. The Morgan fingerprint density at radius 1 is 1.38 bits per heavy atom. The molecule has 1 aromatic rings. The summed E-state index contributed by atoms with van der Waals surface area (Å²) in [7, 11) is 0. The van der Waals surface area contributed by atoms with E-state index in [1.54, 1.807) is 0 Å². The van der Waals surface area contributed by atoms with Crippen molar-refractivity contribution >= 4 is 17.7 Å². The van der Waals surface area contributed by atoms with Gasteiger partial charge in [0, 0.05) is 0 Å². The first-order valence-corrected chi connectivity index (χ1v) is 8.69. The monoisotopic (exact) mass is 355 g/mol. The minimum absolute atomic E-state index is 0.0306. The third kappa shape index (κ3) is 4.19. The molecule has 0 radical (unpaired) electrons. The van der Waals surface area contributed by atoms with E-state index in [0.717, 1.165) is 12.0 Å². The van der Waals surface area contributed by atoms with Gasteiger partial charge in [0.05, 0.1) is 37.2 Å². The molecule has 1 aromatic carbocycles. The summed E-state index contributed by atoms with van der Waals surface area (Å²) in [4.78, 5) is 12.2. The maximum absolute atomic E-state index is 12.2. The fraction of sp³-hybridized carbons (Fsp3) is 0.588. The van der Waals surface area contributed by atoms with Crippen molar-refractivity contribution in [3.8, 4) is 0 Å². The molecule has 7 heteroatoms. The van der Waals surface area contributed by atoms with E-state index in [1.165, 1.54) is 0 Å². The molecule has 3 rings (SSSR count). The van der Waals surface area contributed by atoms with Gasteiger partial charge in [-0.05, 0) is 18.4 Å². The van der Waals surface area contributed by atoms with Crippen molar-refractivity contribution in [2.24, 2.45) is 5.92 Å². The van der Waals surface area contributed by atoms with Crippen LogP contribution in [0.4, 0.5) is 4.79 Å². The molecule has 0 aliphatic carbocycles. The van der Waals surface area contributed by atoms with Crippen molar-refractivity contribution in [3.05, 3.63) is 35.9 Å². The molecule has 0 bridgehead atoms. The largest absolute Gasteiger partial charge is 0.443 e. The highest BCUT2D eigenvalue weighted by atomic mass is 35.5. The Kier molecular flexibility index (Phi) is 5.94. The molecule has 0 saturated carbocycles. The molecule has 5 atom stereocenters. The quantitative estimate of drug-likeness (QED) is 0.759. The van der Waals surface area contributed by atoms with Crippen LogP contribution < -0.4 is 5.32 Å². The number of alkyl halides is 1. The lowest BCUT2D eigenvalue weighted by molar-refractivity contribution is -0.0907. The molecule has 6 nitrogen and oxygen atoms in total. The van der Waals surface area contributed by atoms with Crippen LogP contribution in [0.5, 0.6) is 0 Å². The molecule has 2 aliphatic heterocycles. The number of alkyl carbamates (subject to hydrolysis) is 1. The summed E-state index contributed by atoms with van der Waals surface area (Å²) in [5.41, 5.74) is 1.00. The number of amides is 1. The van der Waals surface area contributed by atoms with E-state index in [9.17, 15) is 9.90 Å². The zero-order valence-electron chi connectivity index (χ0n) is 13.3. The van der Waals surface area contributed by atoms with Gasteiger partial charge in [-0.2, -0.15) is 0 Å². The Bertz CT molecular complexity index is 543. The van der Waals surface area contributed by atoms with E-state index < -0.39 is 18.2 Å². The lowest BCUT2D eigenvalue weighted by Crippen LogP contribution is -2.47. The first-order valence-electron chi connectivity index (χ1n) is 8.15. The molecular formula is C17H22ClNO5. The van der Waals surface area contributed by atoms with Crippen molar-refractivity contribution in [1.29, 1.82) is 0 Å². The summed E-state index contributed by atoms with van der Waals surface area (Å²) >= 11 is 5.76. The van der Waals surface area contributed by atoms with E-state index in [1.807, 2.05) is 30.3 Å². The van der Waals surface area contributed by atoms with Gasteiger partial charge in [-0.25, -0.2) is 4.79 Å². The van der Waals surface area contributed by atoms with Gasteiger partial charge < -0.3 is 24.6 Å². The topological polar surface area (TPSA) is 77.0 Å². The second-order valence-corrected chi connectivity index (χ2v) is 6.44. The van der Waals surface area contributed by atoms with Gasteiger partial charge in [-0.15, -0.1) is 11.6 Å². The van der Waals surface area contributed by atoms with Crippen LogP contribution in [0.3, 0.4) is 0 Å². The third-order valence-electron chi connectivity index (χ3n) is 4.47. The van der Waals surface area contributed by atoms with Crippen LogP contribution in [-0.2, 0) is 20.6 Å². The molecule has 5 unspecified atom stereocenters. The molecule has 2 fully saturated rings. The van der Waals surface area contributed by atoms with Crippen LogP contribution in [0.25, 0.3) is 0 Å². The Hall–Kier alpha value is -1.34. The zero-order valence-corrected chi connectivity index (χ0v) is 14.0. The fourth-order valence-electron chi connectivity index (χ4n) is 3.13. The zero-order chi connectivity index (χ0) is 16.9. The number of ether oxygens (including phenoxy) is 3. The molecule has 0 spiro atoms. The summed E-state index contributed by atoms with van der Waals surface area (Å²) in [6, 6.07) is 9.09. The highest BCUT2D eigenvalue weighted by Crippen LogP contribution is 2.32. The van der Waals surface area contributed by atoms with Gasteiger partial charge >= 0.3 is 6.09 Å². The van der Waals surface area contributed by atoms with Crippen molar-refractivity contribution in [2.45, 2.75) is 37.4 Å². The molecule has 1 amide bonds. The third-order valence-corrected chi connectivity index (χ3v) is 4.78. The Labute approximate surface area is 146 Å². The fourth-order valence-corrected chi connectivity index (χ4v) is 3.34. The standard InChI is InChI=1S/C17H22ClNO5/c18-9-14(20)13(8-11-4-2-1-3-5-11)19-17(21)24-15-10-23-16-12(15)6-7-22-16/h1-5,12-16,20H,6-10H2,(H,19,21). The molecule has 0 aromatic heterocycles. The first-order chi connectivity index (χ1) is 11.7. The number of hydrogen-bond donors (Lipinski definition) is 2. The number of aliphatic hydroxyl groups excluding tert-OH is 1. The van der Waals surface area contributed by atoms with E-state index in [4.69, 9.17) is 25.8 Å². The van der Waals surface area contributed by atoms with E-state index >= 15 is 0 Å². The number of rotatable bonds is 6. The number of carbonyl (C=O) groups is 1. The van der Waals surface area contributed by atoms with Crippen molar-refractivity contribution in [1.82, 2.24) is 5.32 Å². The summed E-state index contributed by atoms with van der Waals surface area (Å²) in [5, 5.41) is 12.8. The van der Waals surface area contributed by atoms with Crippen LogP contribution in [0.2, 0.25) is 0 Å². The van der Waals surface area contributed by atoms with E-state index in [-0.39, 0.29) is 24.2 Å². The second-order valence-electron chi connectivity index (χ2n) is 6.13. The SMILES string of the molecule is O=C(NC(Cc1ccccc1)C(O)CCl)OC1COC2OCCC12. The summed E-state index contributed by atoms with van der Waals surface area (Å²) < 4.78 is 16.4. The van der Waals surface area contributed by atoms with Gasteiger partial charge in [0.1, 0.15) is 6.10 Å². The van der Waals surface area contributed by atoms with Crippen LogP contribution in [0.15, 0.2) is 30.3 Å². The Morgan fingerprint density at radius 3 is 2.92 bits per heavy atom. The van der Waals surface area contributed by atoms with E-state index in [2.05, 4.69) is 5.32 Å². The average Bonchev–Trinajstić information content (AvgIpc) is 3.19. The predicted octanol–water partition coefficient (Wildman–Crippen LogP) is 1.69. The van der Waals surface area contributed by atoms with Crippen LogP contribution in [0, 0.1) is 5.92 Å². The minimum atomic E-state index is -0.859. The van der Waals surface area contributed by atoms with Gasteiger partial charge in [0.2, 0.25) is 0 Å². The molecule has 132 valence electrons. The molecule has 2 saturated heterocycles. The van der Waals surface area contributed by atoms with E-state index in [0.29, 0.717) is 19.6 Å². The second kappa shape index (κ2) is 8.16. The van der Waals surface area contributed by atoms with Crippen LogP contribution in [0.1, 0.15) is 12.0 Å². The number of nitrogens with one attached hydrogen (secondary N) is 1. The van der Waals surface area contributed by atoms with Crippen molar-refractivity contribution in [2.75, 3.05) is 19.1 Å². The lowest BCUT2D eigenvalue weighted by Gasteiger charge is -2.24. The molecule has 2 aliphatic rings. The summed E-state index contributed by atoms with van der Waals surface area (Å²) in [6.07, 6.45) is -0.719. The number of fused-ring (bicyclic) bond motifs is 1. The molecule has 2 heterocycles. The van der Waals surface area contributed by atoms with Crippen molar-refractivity contribution in [3.63, 3.8) is 0 Å². The first kappa shape index (κ1) is 17.5. The number of benzene rings is 1. The predicted molar refractivity (Wildman–Crippen MR) is 87.9 cm³/mol. The number of aliphatic hydroxyl groups is 1. The summed E-state index contributed by atoms with van der Waals surface area (Å²) in [5.74, 6) is 0.115. The molecule has 2 N–H and O–H groups in total. The maximum atomic E-state index is 12.2. The highest BCUT2D eigenvalue weighted by Gasteiger charge is 2.44. The van der Waals surface area contributed by atoms with Gasteiger partial charge in [-0.1, -0.05) is 30.3 Å². The Morgan fingerprint density at radius 2 is 2.17 bits per heavy atom. The molecular weight excluding hydrogens is 334 g/mol. The van der Waals surface area contributed by atoms with Crippen LogP contribution >= 0.6 is 11.6 Å². The molecule has 24 heavy (non-hydrogen) atoms.